The number of nitrogens with zero attached hydrogens (tertiary/aromatic N) is 1. The molecule has 4 nitrogen and oxygen atoms in total. The normalized spacial score (nSPS) is 16.7. The van der Waals surface area contributed by atoms with E-state index >= 15 is 0 Å². The number of rotatable bonds is 3. The Bertz CT molecular complexity index is 836. The van der Waals surface area contributed by atoms with Gasteiger partial charge < -0.3 is 4.42 Å². The fourth-order valence-electron chi connectivity index (χ4n) is 1.99. The lowest BCUT2D eigenvalue weighted by atomic mass is 10.2. The zero-order valence-electron chi connectivity index (χ0n) is 11.4. The number of thioether (sulfide) groups is 1. The average molecular weight is 417 g/mol. The van der Waals surface area contributed by atoms with E-state index in [1.807, 2.05) is 0 Å². The van der Waals surface area contributed by atoms with E-state index in [9.17, 15) is 14.0 Å². The van der Waals surface area contributed by atoms with Crippen molar-refractivity contribution in [3.63, 3.8) is 0 Å². The zero-order chi connectivity index (χ0) is 16.6. The Labute approximate surface area is 148 Å². The number of hydrogen-bond acceptors (Lipinski definition) is 4. The molecule has 0 saturated carbocycles. The van der Waals surface area contributed by atoms with Crippen LogP contribution in [0.4, 0.5) is 9.18 Å². The third kappa shape index (κ3) is 3.52. The van der Waals surface area contributed by atoms with E-state index in [4.69, 9.17) is 16.0 Å². The van der Waals surface area contributed by atoms with Gasteiger partial charge in [-0.15, -0.1) is 0 Å². The summed E-state index contributed by atoms with van der Waals surface area (Å²) in [6.07, 6.45) is 1.50. The molecular weight excluding hydrogens is 409 g/mol. The Morgan fingerprint density at radius 2 is 2.09 bits per heavy atom. The Hall–Kier alpha value is -1.57. The van der Waals surface area contributed by atoms with E-state index in [0.29, 0.717) is 16.0 Å². The number of hydrogen-bond donors (Lipinski definition) is 0. The van der Waals surface area contributed by atoms with Crippen molar-refractivity contribution in [3.8, 4) is 0 Å². The summed E-state index contributed by atoms with van der Waals surface area (Å²) in [7, 11) is 0. The molecule has 0 unspecified atom stereocenters. The van der Waals surface area contributed by atoms with Gasteiger partial charge in [-0.25, -0.2) is 4.39 Å². The van der Waals surface area contributed by atoms with Crippen LogP contribution in [0.3, 0.4) is 0 Å². The molecule has 118 valence electrons. The van der Waals surface area contributed by atoms with Crippen LogP contribution in [0.15, 0.2) is 44.3 Å². The molecule has 1 aromatic heterocycles. The highest BCUT2D eigenvalue weighted by Gasteiger charge is 2.35. The van der Waals surface area contributed by atoms with Gasteiger partial charge in [-0.1, -0.05) is 17.7 Å². The van der Waals surface area contributed by atoms with Gasteiger partial charge >= 0.3 is 0 Å². The van der Waals surface area contributed by atoms with Crippen molar-refractivity contribution in [2.75, 3.05) is 0 Å². The molecule has 1 aliphatic heterocycles. The number of imide groups is 1. The summed E-state index contributed by atoms with van der Waals surface area (Å²) >= 11 is 9.93. The molecule has 1 aliphatic rings. The van der Waals surface area contributed by atoms with Gasteiger partial charge in [0.05, 0.1) is 11.4 Å². The highest BCUT2D eigenvalue weighted by molar-refractivity contribution is 9.10. The predicted octanol–water partition coefficient (Wildman–Crippen LogP) is 5.07. The molecule has 1 fully saturated rings. The smallest absolute Gasteiger partial charge is 0.293 e. The number of benzene rings is 1. The van der Waals surface area contributed by atoms with Gasteiger partial charge in [0.15, 0.2) is 4.67 Å². The van der Waals surface area contributed by atoms with E-state index in [2.05, 4.69) is 15.9 Å². The van der Waals surface area contributed by atoms with E-state index in [1.54, 1.807) is 12.1 Å². The van der Waals surface area contributed by atoms with Gasteiger partial charge in [0.2, 0.25) is 0 Å². The minimum absolute atomic E-state index is 0.0109. The van der Waals surface area contributed by atoms with Crippen molar-refractivity contribution >= 4 is 56.5 Å². The van der Waals surface area contributed by atoms with Crippen LogP contribution in [0.5, 0.6) is 0 Å². The molecule has 0 N–H and O–H groups in total. The van der Waals surface area contributed by atoms with Gasteiger partial charge in [-0.2, -0.15) is 0 Å². The largest absolute Gasteiger partial charge is 0.450 e. The van der Waals surface area contributed by atoms with Crippen molar-refractivity contribution in [2.45, 2.75) is 6.54 Å². The molecule has 1 saturated heterocycles. The van der Waals surface area contributed by atoms with E-state index in [1.165, 1.54) is 18.2 Å². The average Bonchev–Trinajstić information content (AvgIpc) is 3.00. The maximum absolute atomic E-state index is 13.1. The van der Waals surface area contributed by atoms with Crippen molar-refractivity contribution in [1.29, 1.82) is 0 Å². The van der Waals surface area contributed by atoms with E-state index in [0.717, 1.165) is 22.7 Å². The number of furan rings is 1. The Morgan fingerprint density at radius 1 is 1.30 bits per heavy atom. The summed E-state index contributed by atoms with van der Waals surface area (Å²) in [5.41, 5.74) is 0.498. The minimum Gasteiger partial charge on any atom is -0.450 e. The predicted molar refractivity (Wildman–Crippen MR) is 89.3 cm³/mol. The van der Waals surface area contributed by atoms with Crippen LogP contribution in [0.2, 0.25) is 5.02 Å². The summed E-state index contributed by atoms with van der Waals surface area (Å²) in [6.45, 7) is -0.0109. The van der Waals surface area contributed by atoms with Gasteiger partial charge in [0, 0.05) is 11.1 Å². The second kappa shape index (κ2) is 6.51. The van der Waals surface area contributed by atoms with Crippen molar-refractivity contribution in [3.05, 3.63) is 62.1 Å². The molecule has 0 atom stereocenters. The van der Waals surface area contributed by atoms with Crippen molar-refractivity contribution in [2.24, 2.45) is 0 Å². The van der Waals surface area contributed by atoms with Crippen LogP contribution in [-0.4, -0.2) is 16.0 Å². The monoisotopic (exact) mass is 415 g/mol. The van der Waals surface area contributed by atoms with E-state index < -0.39 is 17.0 Å². The van der Waals surface area contributed by atoms with Gasteiger partial charge in [0.1, 0.15) is 11.6 Å². The maximum atomic E-state index is 13.1. The fourth-order valence-corrected chi connectivity index (χ4v) is 3.36. The number of carbonyl (C=O) groups is 2. The molecule has 2 amide bonds. The molecule has 0 radical (unpaired) electrons. The second-order valence-electron chi connectivity index (χ2n) is 4.65. The fraction of sp³-hybridized carbons (Fsp3) is 0.0667. The van der Waals surface area contributed by atoms with Crippen molar-refractivity contribution in [1.82, 2.24) is 4.90 Å². The summed E-state index contributed by atoms with van der Waals surface area (Å²) in [4.78, 5) is 25.7. The van der Waals surface area contributed by atoms with E-state index in [-0.39, 0.29) is 16.5 Å². The molecule has 23 heavy (non-hydrogen) atoms. The summed E-state index contributed by atoms with van der Waals surface area (Å²) < 4.78 is 18.9. The highest BCUT2D eigenvalue weighted by Crippen LogP contribution is 2.34. The molecule has 2 heterocycles. The summed E-state index contributed by atoms with van der Waals surface area (Å²) in [5.74, 6) is -0.453. The van der Waals surface area contributed by atoms with Crippen LogP contribution in [0, 0.1) is 5.82 Å². The summed E-state index contributed by atoms with van der Waals surface area (Å²) in [6, 6.07) is 7.19. The van der Waals surface area contributed by atoms with Crippen LogP contribution in [0.1, 0.15) is 11.3 Å². The summed E-state index contributed by atoms with van der Waals surface area (Å²) in [5, 5.41) is -0.241. The lowest BCUT2D eigenvalue weighted by Crippen LogP contribution is -2.27. The van der Waals surface area contributed by atoms with Crippen LogP contribution in [0.25, 0.3) is 6.08 Å². The molecule has 0 aliphatic carbocycles. The lowest BCUT2D eigenvalue weighted by molar-refractivity contribution is -0.123. The molecule has 0 spiro atoms. The van der Waals surface area contributed by atoms with Gasteiger partial charge in [0.25, 0.3) is 11.1 Å². The molecule has 8 heteroatoms. The van der Waals surface area contributed by atoms with Crippen LogP contribution < -0.4 is 0 Å². The third-order valence-corrected chi connectivity index (χ3v) is 4.77. The third-order valence-electron chi connectivity index (χ3n) is 3.08. The molecule has 1 aromatic carbocycles. The van der Waals surface area contributed by atoms with Gasteiger partial charge in [-0.3, -0.25) is 14.5 Å². The molecule has 0 bridgehead atoms. The second-order valence-corrected chi connectivity index (χ2v) is 6.83. The maximum Gasteiger partial charge on any atom is 0.293 e. The van der Waals surface area contributed by atoms with Gasteiger partial charge in [-0.05, 0) is 57.5 Å². The first-order chi connectivity index (χ1) is 10.9. The standard InChI is InChI=1S/C15H8BrClFNO3S/c16-13-4-3-10(22-13)6-12-14(20)19(15(21)23-12)7-8-1-2-9(18)5-11(8)17/h1-6H,7H2/b12-6-. The number of halogens is 3. The first-order valence-corrected chi connectivity index (χ1v) is 8.37. The number of carbonyl (C=O) groups excluding carboxylic acids is 2. The van der Waals surface area contributed by atoms with Crippen LogP contribution >= 0.6 is 39.3 Å². The Kier molecular flexibility index (Phi) is 4.61. The first kappa shape index (κ1) is 16.3. The Morgan fingerprint density at radius 3 is 2.74 bits per heavy atom. The molecular formula is C15H8BrClFNO3S. The first-order valence-electron chi connectivity index (χ1n) is 6.38. The minimum atomic E-state index is -0.476. The lowest BCUT2D eigenvalue weighted by Gasteiger charge is -2.13. The SMILES string of the molecule is O=C1S/C(=C\c2ccc(Br)o2)C(=O)N1Cc1ccc(F)cc1Cl. The van der Waals surface area contributed by atoms with Crippen LogP contribution in [-0.2, 0) is 11.3 Å². The molecule has 3 rings (SSSR count). The topological polar surface area (TPSA) is 50.5 Å². The van der Waals surface area contributed by atoms with Crippen molar-refractivity contribution < 1.29 is 18.4 Å². The highest BCUT2D eigenvalue weighted by atomic mass is 79.9. The Balaban J connectivity index is 1.82. The zero-order valence-corrected chi connectivity index (χ0v) is 14.5. The quantitative estimate of drug-likeness (QED) is 0.655. The number of amides is 2. The molecule has 2 aromatic rings.